The minimum atomic E-state index is -0.450. The molecule has 1 saturated carbocycles. The van der Waals surface area contributed by atoms with Crippen molar-refractivity contribution in [2.24, 2.45) is 7.05 Å². The number of oxazole rings is 1. The van der Waals surface area contributed by atoms with Gasteiger partial charge in [0.05, 0.1) is 30.5 Å². The summed E-state index contributed by atoms with van der Waals surface area (Å²) in [6.07, 6.45) is 8.21. The van der Waals surface area contributed by atoms with Gasteiger partial charge in [-0.2, -0.15) is 5.10 Å². The van der Waals surface area contributed by atoms with Crippen LogP contribution in [0.25, 0.3) is 22.0 Å². The molecule has 1 fully saturated rings. The number of hydrogen-bond acceptors (Lipinski definition) is 7. The van der Waals surface area contributed by atoms with Crippen LogP contribution < -0.4 is 5.32 Å². The van der Waals surface area contributed by atoms with Crippen LogP contribution >= 0.6 is 0 Å². The fourth-order valence-corrected chi connectivity index (χ4v) is 5.37. The minimum Gasteiger partial charge on any atom is -0.451 e. The molecule has 0 radical (unpaired) electrons. The van der Waals surface area contributed by atoms with Gasteiger partial charge in [-0.15, -0.1) is 0 Å². The van der Waals surface area contributed by atoms with Crippen molar-refractivity contribution in [3.05, 3.63) is 101 Å². The van der Waals surface area contributed by atoms with Gasteiger partial charge in [0, 0.05) is 42.6 Å². The van der Waals surface area contributed by atoms with Gasteiger partial charge >= 0.3 is 0 Å². The summed E-state index contributed by atoms with van der Waals surface area (Å²) in [5, 5.41) is 8.80. The number of nitrogens with zero attached hydrogens (tertiary/aromatic N) is 4. The summed E-state index contributed by atoms with van der Waals surface area (Å²) in [6, 6.07) is 14.2. The number of aromatic nitrogens is 4. The molecule has 5 aromatic rings. The van der Waals surface area contributed by atoms with Crippen molar-refractivity contribution >= 4 is 16.8 Å². The van der Waals surface area contributed by atoms with E-state index in [-0.39, 0.29) is 12.0 Å². The van der Waals surface area contributed by atoms with E-state index >= 15 is 0 Å². The molecule has 0 spiro atoms. The molecule has 0 saturated heterocycles. The van der Waals surface area contributed by atoms with E-state index in [9.17, 15) is 4.79 Å². The number of amides is 1. The molecule has 1 aliphatic carbocycles. The summed E-state index contributed by atoms with van der Waals surface area (Å²) in [6.45, 7) is 4.62. The molecule has 210 valence electrons. The van der Waals surface area contributed by atoms with E-state index in [1.807, 2.05) is 57.6 Å². The number of carbonyl (C=O) groups excluding carboxylic acids is 1. The Bertz CT molecular complexity index is 1700. The van der Waals surface area contributed by atoms with E-state index in [0.717, 1.165) is 57.3 Å². The number of fused-ring (bicyclic) bond motifs is 1. The summed E-state index contributed by atoms with van der Waals surface area (Å²) in [5.41, 5.74) is 7.70. The van der Waals surface area contributed by atoms with Gasteiger partial charge in [-0.3, -0.25) is 14.5 Å². The number of pyridine rings is 1. The van der Waals surface area contributed by atoms with Gasteiger partial charge in [0.15, 0.2) is 6.39 Å². The fourth-order valence-electron chi connectivity index (χ4n) is 5.37. The first-order valence-corrected chi connectivity index (χ1v) is 13.7. The van der Waals surface area contributed by atoms with E-state index in [1.54, 1.807) is 18.1 Å². The second kappa shape index (κ2) is 10.9. The van der Waals surface area contributed by atoms with E-state index < -0.39 is 5.54 Å². The van der Waals surface area contributed by atoms with Gasteiger partial charge in [-0.25, -0.2) is 4.98 Å². The zero-order chi connectivity index (χ0) is 28.6. The molecule has 1 N–H and O–H groups in total. The van der Waals surface area contributed by atoms with Gasteiger partial charge in [-0.05, 0) is 73.2 Å². The van der Waals surface area contributed by atoms with Gasteiger partial charge in [0.2, 0.25) is 0 Å². The first-order valence-electron chi connectivity index (χ1n) is 13.7. The van der Waals surface area contributed by atoms with Gasteiger partial charge in [0.1, 0.15) is 18.1 Å². The summed E-state index contributed by atoms with van der Waals surface area (Å²) >= 11 is 0. The Hall–Kier alpha value is -4.34. The minimum absolute atomic E-state index is 0.0987. The van der Waals surface area contributed by atoms with E-state index in [2.05, 4.69) is 33.6 Å². The topological polar surface area (TPSA) is 104 Å². The van der Waals surface area contributed by atoms with Crippen LogP contribution in [0.5, 0.6) is 0 Å². The highest BCUT2D eigenvalue weighted by molar-refractivity contribution is 5.97. The van der Waals surface area contributed by atoms with E-state index in [1.165, 1.54) is 6.39 Å². The summed E-state index contributed by atoms with van der Waals surface area (Å²) in [7, 11) is 3.55. The van der Waals surface area contributed by atoms with Crippen molar-refractivity contribution in [2.45, 2.75) is 44.9 Å². The Balaban J connectivity index is 1.27. The van der Waals surface area contributed by atoms with Crippen molar-refractivity contribution in [3.63, 3.8) is 0 Å². The lowest BCUT2D eigenvalue weighted by molar-refractivity contribution is -0.0141. The van der Waals surface area contributed by atoms with Crippen LogP contribution in [0.15, 0.2) is 71.9 Å². The van der Waals surface area contributed by atoms with Crippen molar-refractivity contribution in [1.29, 1.82) is 0 Å². The summed E-state index contributed by atoms with van der Waals surface area (Å²) in [4.78, 5) is 22.7. The average Bonchev–Trinajstić information content (AvgIpc) is 3.31. The molecule has 0 bridgehead atoms. The third-order valence-corrected chi connectivity index (χ3v) is 7.70. The normalized spacial score (nSPS) is 14.7. The standard InChI is InChI=1S/C32H33N5O4/c1-20-11-22(30(18-39-4)41-17-25-16-40-19-33-25)6-8-26(20)31(38)36-32(9-10-32)28-12-23(24-14-34-37(3)15-24)13-29-27(28)7-5-21(2)35-29/h5-8,11-16,19,30H,9-10,17-18H2,1-4H3,(H,36,38)/t30-/m1/s1. The number of carbonyl (C=O) groups is 1. The van der Waals surface area contributed by atoms with Gasteiger partial charge < -0.3 is 19.2 Å². The van der Waals surface area contributed by atoms with Crippen LogP contribution in [-0.4, -0.2) is 39.4 Å². The maximum absolute atomic E-state index is 13.7. The zero-order valence-corrected chi connectivity index (χ0v) is 23.7. The number of rotatable bonds is 10. The lowest BCUT2D eigenvalue weighted by atomic mass is 9.93. The van der Waals surface area contributed by atoms with Crippen molar-refractivity contribution in [3.8, 4) is 11.1 Å². The molecule has 3 aromatic heterocycles. The molecule has 2 aromatic carbocycles. The van der Waals surface area contributed by atoms with Crippen molar-refractivity contribution in [2.75, 3.05) is 13.7 Å². The van der Waals surface area contributed by atoms with Crippen LogP contribution in [0.3, 0.4) is 0 Å². The first-order chi connectivity index (χ1) is 19.8. The van der Waals surface area contributed by atoms with Crippen molar-refractivity contribution in [1.82, 2.24) is 25.1 Å². The Kier molecular flexibility index (Phi) is 7.15. The lowest BCUT2D eigenvalue weighted by Gasteiger charge is -2.22. The number of benzene rings is 2. The quantitative estimate of drug-likeness (QED) is 0.242. The summed E-state index contributed by atoms with van der Waals surface area (Å²) in [5.74, 6) is -0.0987. The predicted octanol–water partition coefficient (Wildman–Crippen LogP) is 5.56. The van der Waals surface area contributed by atoms with Crippen LogP contribution in [0.4, 0.5) is 0 Å². The monoisotopic (exact) mass is 551 g/mol. The Labute approximate surface area is 238 Å². The Morgan fingerprint density at radius 2 is 2.00 bits per heavy atom. The Morgan fingerprint density at radius 1 is 1.15 bits per heavy atom. The number of hydrogen-bond donors (Lipinski definition) is 1. The van der Waals surface area contributed by atoms with Gasteiger partial charge in [0.25, 0.3) is 5.91 Å². The molecule has 1 amide bonds. The second-order valence-corrected chi connectivity index (χ2v) is 10.8. The lowest BCUT2D eigenvalue weighted by Crippen LogP contribution is -2.35. The molecule has 0 aliphatic heterocycles. The average molecular weight is 552 g/mol. The third-order valence-electron chi connectivity index (χ3n) is 7.70. The molecule has 1 aliphatic rings. The summed E-state index contributed by atoms with van der Waals surface area (Å²) < 4.78 is 18.3. The van der Waals surface area contributed by atoms with Crippen molar-refractivity contribution < 1.29 is 18.7 Å². The van der Waals surface area contributed by atoms with Crippen LogP contribution in [-0.2, 0) is 28.7 Å². The Morgan fingerprint density at radius 3 is 2.68 bits per heavy atom. The van der Waals surface area contributed by atoms with Gasteiger partial charge in [-0.1, -0.05) is 18.2 Å². The highest BCUT2D eigenvalue weighted by Gasteiger charge is 2.47. The zero-order valence-electron chi connectivity index (χ0n) is 23.7. The second-order valence-electron chi connectivity index (χ2n) is 10.8. The molecule has 41 heavy (non-hydrogen) atoms. The molecule has 1 atom stereocenters. The highest BCUT2D eigenvalue weighted by Crippen LogP contribution is 2.49. The molecular formula is C32H33N5O4. The number of aryl methyl sites for hydroxylation is 3. The molecule has 9 heteroatoms. The van der Waals surface area contributed by atoms with E-state index in [0.29, 0.717) is 24.5 Å². The van der Waals surface area contributed by atoms with E-state index in [4.69, 9.17) is 18.9 Å². The number of methoxy groups -OCH3 is 1. The third kappa shape index (κ3) is 5.51. The molecule has 9 nitrogen and oxygen atoms in total. The van der Waals surface area contributed by atoms with Crippen LogP contribution in [0, 0.1) is 13.8 Å². The largest absolute Gasteiger partial charge is 0.451 e. The SMILES string of the molecule is COC[C@@H](OCc1cocn1)c1ccc(C(=O)NC2(c3cc(-c4cnn(C)c4)cc4nc(C)ccc34)CC2)c(C)c1. The highest BCUT2D eigenvalue weighted by atomic mass is 16.5. The predicted molar refractivity (Wildman–Crippen MR) is 154 cm³/mol. The maximum Gasteiger partial charge on any atom is 0.252 e. The number of nitrogens with one attached hydrogen (secondary N) is 1. The smallest absolute Gasteiger partial charge is 0.252 e. The fraction of sp³-hybridized carbons (Fsp3) is 0.312. The van der Waals surface area contributed by atoms with Crippen LogP contribution in [0.2, 0.25) is 0 Å². The maximum atomic E-state index is 13.7. The first kappa shape index (κ1) is 26.9. The molecular weight excluding hydrogens is 518 g/mol. The van der Waals surface area contributed by atoms with Crippen LogP contribution in [0.1, 0.15) is 57.4 Å². The molecule has 3 heterocycles. The number of ether oxygens (including phenoxy) is 2. The molecule has 0 unspecified atom stereocenters. The molecule has 6 rings (SSSR count).